The monoisotopic (exact) mass is 388 g/mol. The van der Waals surface area contributed by atoms with Gasteiger partial charge in [-0.15, -0.1) is 0 Å². The van der Waals surface area contributed by atoms with E-state index in [0.717, 1.165) is 6.08 Å². The molecule has 0 saturated carbocycles. The Labute approximate surface area is 158 Å². The van der Waals surface area contributed by atoms with Crippen LogP contribution in [0.4, 0.5) is 5.69 Å². The summed E-state index contributed by atoms with van der Waals surface area (Å²) in [6, 6.07) is 5.63. The number of hydrogen-bond donors (Lipinski definition) is 1. The second-order valence-electron chi connectivity index (χ2n) is 5.77. The third kappa shape index (κ3) is 4.47. The van der Waals surface area contributed by atoms with Crippen molar-refractivity contribution in [2.75, 3.05) is 13.4 Å². The lowest BCUT2D eigenvalue weighted by Gasteiger charge is -2.11. The van der Waals surface area contributed by atoms with E-state index >= 15 is 0 Å². The topological polar surface area (TPSA) is 130 Å². The highest BCUT2D eigenvalue weighted by Crippen LogP contribution is 2.38. The number of hydrogen-bond acceptors (Lipinski definition) is 8. The van der Waals surface area contributed by atoms with Crippen LogP contribution in [0.5, 0.6) is 11.5 Å². The first kappa shape index (κ1) is 19.0. The maximum Gasteiger partial charge on any atom is 0.331 e. The Balaban J connectivity index is 1.57. The SMILES string of the molecule is C[C@H](NC(=O)COC(=O)/C=C/c1cc2c(cc1[N+](=O)[O-])OCO2)c1ccco1. The Morgan fingerprint density at radius 1 is 1.36 bits per heavy atom. The van der Waals surface area contributed by atoms with Crippen LogP contribution in [-0.4, -0.2) is 30.2 Å². The van der Waals surface area contributed by atoms with E-state index in [1.54, 1.807) is 19.1 Å². The molecular formula is C18H16N2O8. The summed E-state index contributed by atoms with van der Waals surface area (Å²) in [5.74, 6) is -0.180. The number of nitrogens with one attached hydrogen (secondary N) is 1. The highest BCUT2D eigenvalue weighted by Gasteiger charge is 2.22. The second-order valence-corrected chi connectivity index (χ2v) is 5.77. The maximum atomic E-state index is 11.8. The molecule has 28 heavy (non-hydrogen) atoms. The third-order valence-corrected chi connectivity index (χ3v) is 3.81. The molecule has 0 unspecified atom stereocenters. The zero-order valence-electron chi connectivity index (χ0n) is 14.7. The van der Waals surface area contributed by atoms with Crippen molar-refractivity contribution in [1.82, 2.24) is 5.32 Å². The highest BCUT2D eigenvalue weighted by atomic mass is 16.7. The molecule has 0 spiro atoms. The van der Waals surface area contributed by atoms with E-state index in [2.05, 4.69) is 5.32 Å². The van der Waals surface area contributed by atoms with Crippen LogP contribution >= 0.6 is 0 Å². The van der Waals surface area contributed by atoms with Crippen LogP contribution in [0.2, 0.25) is 0 Å². The zero-order valence-corrected chi connectivity index (χ0v) is 14.7. The molecule has 1 atom stereocenters. The van der Waals surface area contributed by atoms with Crippen molar-refractivity contribution >= 4 is 23.6 Å². The van der Waals surface area contributed by atoms with E-state index in [0.29, 0.717) is 11.5 Å². The lowest BCUT2D eigenvalue weighted by Crippen LogP contribution is -2.30. The summed E-state index contributed by atoms with van der Waals surface area (Å²) in [6.07, 6.45) is 3.69. The fraction of sp³-hybridized carbons (Fsp3) is 0.222. The van der Waals surface area contributed by atoms with Gasteiger partial charge in [-0.3, -0.25) is 14.9 Å². The van der Waals surface area contributed by atoms with E-state index in [-0.39, 0.29) is 29.8 Å². The minimum atomic E-state index is -0.826. The predicted octanol–water partition coefficient (Wildman–Crippen LogP) is 2.35. The first-order valence-electron chi connectivity index (χ1n) is 8.19. The van der Waals surface area contributed by atoms with Crippen molar-refractivity contribution in [3.63, 3.8) is 0 Å². The minimum Gasteiger partial charge on any atom is -0.467 e. The zero-order chi connectivity index (χ0) is 20.1. The molecule has 146 valence electrons. The van der Waals surface area contributed by atoms with E-state index in [9.17, 15) is 19.7 Å². The van der Waals surface area contributed by atoms with Crippen LogP contribution in [0.3, 0.4) is 0 Å². The average molecular weight is 388 g/mol. The molecule has 10 heteroatoms. The number of carbonyl (C=O) groups is 2. The van der Waals surface area contributed by atoms with Gasteiger partial charge >= 0.3 is 5.97 Å². The molecule has 1 aliphatic heterocycles. The fourth-order valence-corrected chi connectivity index (χ4v) is 2.47. The molecule has 1 N–H and O–H groups in total. The van der Waals surface area contributed by atoms with Gasteiger partial charge < -0.3 is 23.9 Å². The normalized spacial score (nSPS) is 13.3. The van der Waals surface area contributed by atoms with E-state index in [1.165, 1.54) is 24.5 Å². The van der Waals surface area contributed by atoms with Gasteiger partial charge in [0.05, 0.1) is 28.9 Å². The first-order chi connectivity index (χ1) is 13.4. The van der Waals surface area contributed by atoms with Crippen LogP contribution in [-0.2, 0) is 14.3 Å². The van der Waals surface area contributed by atoms with Gasteiger partial charge in [0.15, 0.2) is 18.1 Å². The smallest absolute Gasteiger partial charge is 0.331 e. The summed E-state index contributed by atoms with van der Waals surface area (Å²) in [4.78, 5) is 34.2. The number of nitrogens with zero attached hydrogens (tertiary/aromatic N) is 1. The Bertz CT molecular complexity index is 920. The summed E-state index contributed by atoms with van der Waals surface area (Å²) in [7, 11) is 0. The molecular weight excluding hydrogens is 372 g/mol. The number of rotatable bonds is 7. The molecule has 0 bridgehead atoms. The van der Waals surface area contributed by atoms with E-state index in [4.69, 9.17) is 18.6 Å². The number of ether oxygens (including phenoxy) is 3. The number of amides is 1. The Hall–Kier alpha value is -3.82. The number of nitro benzene ring substituents is 1. The van der Waals surface area contributed by atoms with Crippen LogP contribution in [0.1, 0.15) is 24.3 Å². The predicted molar refractivity (Wildman–Crippen MR) is 94.5 cm³/mol. The molecule has 1 amide bonds. The molecule has 3 rings (SSSR count). The molecule has 0 saturated heterocycles. The minimum absolute atomic E-state index is 0.0345. The maximum absolute atomic E-state index is 11.8. The first-order valence-corrected chi connectivity index (χ1v) is 8.19. The summed E-state index contributed by atoms with van der Waals surface area (Å²) in [5.41, 5.74) is -0.111. The van der Waals surface area contributed by atoms with Crippen molar-refractivity contribution in [1.29, 1.82) is 0 Å². The van der Waals surface area contributed by atoms with Crippen molar-refractivity contribution in [2.45, 2.75) is 13.0 Å². The van der Waals surface area contributed by atoms with Gasteiger partial charge in [0.25, 0.3) is 11.6 Å². The average Bonchev–Trinajstić information content (AvgIpc) is 3.34. The quantitative estimate of drug-likeness (QED) is 0.331. The summed E-state index contributed by atoms with van der Waals surface area (Å²) in [6.45, 7) is 1.18. The summed E-state index contributed by atoms with van der Waals surface area (Å²) < 4.78 is 20.3. The molecule has 1 aromatic carbocycles. The number of esters is 1. The van der Waals surface area contributed by atoms with Crippen molar-refractivity contribution in [2.24, 2.45) is 0 Å². The van der Waals surface area contributed by atoms with Crippen molar-refractivity contribution in [3.05, 3.63) is 58.0 Å². The number of carbonyl (C=O) groups excluding carboxylic acids is 2. The second kappa shape index (κ2) is 8.25. The Kier molecular flexibility index (Phi) is 5.58. The van der Waals surface area contributed by atoms with Gasteiger partial charge in [0.1, 0.15) is 5.76 Å². The Morgan fingerprint density at radius 2 is 2.11 bits per heavy atom. The summed E-state index contributed by atoms with van der Waals surface area (Å²) >= 11 is 0. The Morgan fingerprint density at radius 3 is 2.79 bits per heavy atom. The van der Waals surface area contributed by atoms with Gasteiger partial charge in [0, 0.05) is 6.08 Å². The van der Waals surface area contributed by atoms with Crippen LogP contribution in [0.25, 0.3) is 6.08 Å². The largest absolute Gasteiger partial charge is 0.467 e. The van der Waals surface area contributed by atoms with Crippen molar-refractivity contribution in [3.8, 4) is 11.5 Å². The van der Waals surface area contributed by atoms with Gasteiger partial charge in [-0.2, -0.15) is 0 Å². The molecule has 1 aliphatic rings. The van der Waals surface area contributed by atoms with Gasteiger partial charge in [0.2, 0.25) is 6.79 Å². The molecule has 0 fully saturated rings. The molecule has 2 heterocycles. The molecule has 2 aromatic rings. The van der Waals surface area contributed by atoms with Crippen LogP contribution in [0.15, 0.2) is 41.0 Å². The standard InChI is InChI=1S/C18H16N2O8/c1-11(14-3-2-6-25-14)19-17(21)9-26-18(22)5-4-12-7-15-16(28-10-27-15)8-13(12)20(23)24/h2-8,11H,9-10H2,1H3,(H,19,21)/b5-4+/t11-/m0/s1. The summed E-state index contributed by atoms with van der Waals surface area (Å²) in [5, 5.41) is 13.8. The van der Waals surface area contributed by atoms with Gasteiger partial charge in [-0.25, -0.2) is 4.79 Å². The number of benzene rings is 1. The van der Waals surface area contributed by atoms with Gasteiger partial charge in [-0.1, -0.05) is 0 Å². The van der Waals surface area contributed by atoms with Crippen LogP contribution < -0.4 is 14.8 Å². The lowest BCUT2D eigenvalue weighted by atomic mass is 10.1. The van der Waals surface area contributed by atoms with E-state index in [1.807, 2.05) is 0 Å². The molecule has 0 aliphatic carbocycles. The highest BCUT2D eigenvalue weighted by molar-refractivity contribution is 5.90. The third-order valence-electron chi connectivity index (χ3n) is 3.81. The van der Waals surface area contributed by atoms with Crippen LogP contribution in [0, 0.1) is 10.1 Å². The molecule has 0 radical (unpaired) electrons. The lowest BCUT2D eigenvalue weighted by molar-refractivity contribution is -0.385. The van der Waals surface area contributed by atoms with Gasteiger partial charge in [-0.05, 0) is 31.2 Å². The number of furan rings is 1. The van der Waals surface area contributed by atoms with E-state index < -0.39 is 23.4 Å². The molecule has 10 nitrogen and oxygen atoms in total. The molecule has 1 aromatic heterocycles. The number of fused-ring (bicyclic) bond motifs is 1. The fourth-order valence-electron chi connectivity index (χ4n) is 2.47. The van der Waals surface area contributed by atoms with Crippen molar-refractivity contribution < 1.29 is 33.1 Å². The number of nitro groups is 1.